The molecule has 1 atom stereocenters. The Labute approximate surface area is 68.3 Å². The second kappa shape index (κ2) is 5.86. The Morgan fingerprint density at radius 1 is 1.64 bits per heavy atom. The summed E-state index contributed by atoms with van der Waals surface area (Å²) in [5.41, 5.74) is 0.894. The van der Waals surface area contributed by atoms with Gasteiger partial charge in [-0.1, -0.05) is 12.7 Å². The molecule has 62 valence electrons. The molecular weight excluding hydrogens is 138 g/mol. The summed E-state index contributed by atoms with van der Waals surface area (Å²) < 4.78 is 5.09. The van der Waals surface area contributed by atoms with Crippen LogP contribution in [-0.4, -0.2) is 19.4 Å². The second-order valence-corrected chi connectivity index (χ2v) is 2.09. The zero-order chi connectivity index (χ0) is 8.69. The molecule has 2 nitrogen and oxygen atoms in total. The van der Waals surface area contributed by atoms with Crippen molar-refractivity contribution in [3.05, 3.63) is 24.4 Å². The number of hydrogen-bond acceptors (Lipinski definition) is 2. The molecule has 0 aromatic heterocycles. The molecule has 0 bridgehead atoms. The second-order valence-electron chi connectivity index (χ2n) is 2.09. The van der Waals surface area contributed by atoms with Crippen molar-refractivity contribution >= 4 is 6.21 Å². The van der Waals surface area contributed by atoms with E-state index in [1.807, 2.05) is 19.9 Å². The van der Waals surface area contributed by atoms with Gasteiger partial charge in [-0.25, -0.2) is 0 Å². The van der Waals surface area contributed by atoms with Crippen LogP contribution in [0.5, 0.6) is 0 Å². The van der Waals surface area contributed by atoms with Crippen molar-refractivity contribution in [1.29, 1.82) is 0 Å². The topological polar surface area (TPSA) is 21.6 Å². The monoisotopic (exact) mass is 153 g/mol. The summed E-state index contributed by atoms with van der Waals surface area (Å²) in [6.45, 7) is 7.41. The minimum absolute atomic E-state index is 0.0317. The van der Waals surface area contributed by atoms with Crippen molar-refractivity contribution in [2.45, 2.75) is 20.0 Å². The quantitative estimate of drug-likeness (QED) is 0.448. The van der Waals surface area contributed by atoms with Crippen LogP contribution in [0.25, 0.3) is 0 Å². The van der Waals surface area contributed by atoms with Crippen molar-refractivity contribution in [3.8, 4) is 0 Å². The van der Waals surface area contributed by atoms with Gasteiger partial charge in [-0.15, -0.1) is 0 Å². The summed E-state index contributed by atoms with van der Waals surface area (Å²) in [4.78, 5) is 4.12. The highest BCUT2D eigenvalue weighted by Gasteiger charge is 2.02. The van der Waals surface area contributed by atoms with Crippen LogP contribution in [0.1, 0.15) is 13.8 Å². The first-order valence-electron chi connectivity index (χ1n) is 3.60. The Hall–Kier alpha value is -0.890. The summed E-state index contributed by atoms with van der Waals surface area (Å²) in [6, 6.07) is 0. The summed E-state index contributed by atoms with van der Waals surface area (Å²) in [7, 11) is 1.66. The average molecular weight is 153 g/mol. The standard InChI is InChI=1S/C9H15NO/c1-5-7-9(10-6-2)8(3)11-4/h5-8H,1H2,2-4H3/b9-7-,10-6-/t8-/m0/s1. The molecule has 0 spiro atoms. The van der Waals surface area contributed by atoms with E-state index in [1.54, 1.807) is 19.4 Å². The lowest BCUT2D eigenvalue weighted by molar-refractivity contribution is 0.146. The van der Waals surface area contributed by atoms with Crippen LogP contribution < -0.4 is 0 Å². The molecule has 0 saturated heterocycles. The molecule has 0 N–H and O–H groups in total. The first kappa shape index (κ1) is 10.1. The molecule has 0 rings (SSSR count). The largest absolute Gasteiger partial charge is 0.375 e. The third kappa shape index (κ3) is 3.73. The van der Waals surface area contributed by atoms with E-state index >= 15 is 0 Å². The predicted octanol–water partition coefficient (Wildman–Crippen LogP) is 2.18. The van der Waals surface area contributed by atoms with Gasteiger partial charge >= 0.3 is 0 Å². The van der Waals surface area contributed by atoms with Crippen LogP contribution in [0.4, 0.5) is 0 Å². The van der Waals surface area contributed by atoms with E-state index in [4.69, 9.17) is 4.74 Å². The lowest BCUT2D eigenvalue weighted by atomic mass is 10.3. The number of rotatable bonds is 4. The van der Waals surface area contributed by atoms with Gasteiger partial charge in [-0.2, -0.15) is 0 Å². The van der Waals surface area contributed by atoms with Gasteiger partial charge in [0.15, 0.2) is 0 Å². The van der Waals surface area contributed by atoms with Crippen molar-refractivity contribution in [3.63, 3.8) is 0 Å². The number of hydrogen-bond donors (Lipinski definition) is 0. The first-order valence-corrected chi connectivity index (χ1v) is 3.60. The fourth-order valence-corrected chi connectivity index (χ4v) is 0.674. The van der Waals surface area contributed by atoms with Crippen LogP contribution in [0, 0.1) is 0 Å². The highest BCUT2D eigenvalue weighted by molar-refractivity contribution is 5.55. The summed E-state index contributed by atoms with van der Waals surface area (Å²) in [5, 5.41) is 0. The molecule has 0 unspecified atom stereocenters. The SMILES string of the molecule is C=C/C=C(\N=C/C)[C@H](C)OC. The van der Waals surface area contributed by atoms with Gasteiger partial charge in [-0.3, -0.25) is 4.99 Å². The fourth-order valence-electron chi connectivity index (χ4n) is 0.674. The van der Waals surface area contributed by atoms with Crippen LogP contribution >= 0.6 is 0 Å². The minimum Gasteiger partial charge on any atom is -0.375 e. The molecule has 0 aromatic carbocycles. The molecule has 0 aromatic rings. The molecule has 0 fully saturated rings. The Bertz CT molecular complexity index is 170. The molecular formula is C9H15NO. The maximum atomic E-state index is 5.09. The predicted molar refractivity (Wildman–Crippen MR) is 48.9 cm³/mol. The summed E-state index contributed by atoms with van der Waals surface area (Å²) >= 11 is 0. The van der Waals surface area contributed by atoms with E-state index in [0.29, 0.717) is 0 Å². The van der Waals surface area contributed by atoms with Crippen molar-refractivity contribution in [2.24, 2.45) is 4.99 Å². The van der Waals surface area contributed by atoms with Crippen molar-refractivity contribution in [1.82, 2.24) is 0 Å². The maximum absolute atomic E-state index is 5.09. The molecule has 2 heteroatoms. The van der Waals surface area contributed by atoms with Gasteiger partial charge in [0, 0.05) is 13.3 Å². The molecule has 0 saturated carbocycles. The smallest absolute Gasteiger partial charge is 0.0962 e. The molecule has 11 heavy (non-hydrogen) atoms. The van der Waals surface area contributed by atoms with Crippen molar-refractivity contribution < 1.29 is 4.74 Å². The number of nitrogens with zero attached hydrogens (tertiary/aromatic N) is 1. The van der Waals surface area contributed by atoms with Crippen LogP contribution in [0.15, 0.2) is 29.4 Å². The number of allylic oxidation sites excluding steroid dienone is 2. The summed E-state index contributed by atoms with van der Waals surface area (Å²) in [5.74, 6) is 0. The molecule has 0 amide bonds. The van der Waals surface area contributed by atoms with Crippen LogP contribution in [0.3, 0.4) is 0 Å². The molecule has 0 aliphatic rings. The lowest BCUT2D eigenvalue weighted by Crippen LogP contribution is -2.06. The third-order valence-corrected chi connectivity index (χ3v) is 1.34. The van der Waals surface area contributed by atoms with E-state index in [9.17, 15) is 0 Å². The van der Waals surface area contributed by atoms with Gasteiger partial charge in [0.25, 0.3) is 0 Å². The number of aliphatic imine (C=N–C) groups is 1. The molecule has 0 aliphatic heterocycles. The van der Waals surface area contributed by atoms with Gasteiger partial charge in [-0.05, 0) is 19.9 Å². The summed E-state index contributed by atoms with van der Waals surface area (Å²) in [6.07, 6.45) is 5.32. The van der Waals surface area contributed by atoms with Crippen LogP contribution in [-0.2, 0) is 4.74 Å². The van der Waals surface area contributed by atoms with Gasteiger partial charge in [0.05, 0.1) is 11.8 Å². The Morgan fingerprint density at radius 2 is 2.27 bits per heavy atom. The van der Waals surface area contributed by atoms with Gasteiger partial charge in [0.1, 0.15) is 0 Å². The minimum atomic E-state index is 0.0317. The number of ether oxygens (including phenoxy) is 1. The lowest BCUT2D eigenvalue weighted by Gasteiger charge is -2.08. The van der Waals surface area contributed by atoms with E-state index in [-0.39, 0.29) is 6.10 Å². The Kier molecular flexibility index (Phi) is 5.39. The zero-order valence-corrected chi connectivity index (χ0v) is 7.37. The number of methoxy groups -OCH3 is 1. The first-order chi connectivity index (χ1) is 5.26. The Balaban J connectivity index is 4.32. The van der Waals surface area contributed by atoms with Gasteiger partial charge in [0.2, 0.25) is 0 Å². The molecule has 0 heterocycles. The highest BCUT2D eigenvalue weighted by atomic mass is 16.5. The molecule has 0 radical (unpaired) electrons. The van der Waals surface area contributed by atoms with E-state index in [2.05, 4.69) is 11.6 Å². The van der Waals surface area contributed by atoms with E-state index in [1.165, 1.54) is 0 Å². The maximum Gasteiger partial charge on any atom is 0.0962 e. The van der Waals surface area contributed by atoms with Gasteiger partial charge < -0.3 is 4.74 Å². The third-order valence-electron chi connectivity index (χ3n) is 1.34. The zero-order valence-electron chi connectivity index (χ0n) is 7.37. The fraction of sp³-hybridized carbons (Fsp3) is 0.444. The van der Waals surface area contributed by atoms with Crippen molar-refractivity contribution in [2.75, 3.05) is 7.11 Å². The molecule has 0 aliphatic carbocycles. The van der Waals surface area contributed by atoms with E-state index in [0.717, 1.165) is 5.70 Å². The van der Waals surface area contributed by atoms with Crippen LogP contribution in [0.2, 0.25) is 0 Å². The highest BCUT2D eigenvalue weighted by Crippen LogP contribution is 2.06. The Morgan fingerprint density at radius 3 is 2.64 bits per heavy atom. The average Bonchev–Trinajstić information content (AvgIpc) is 2.03. The van der Waals surface area contributed by atoms with E-state index < -0.39 is 0 Å². The normalized spacial score (nSPS) is 15.4.